The van der Waals surface area contributed by atoms with Crippen molar-refractivity contribution in [3.63, 3.8) is 0 Å². The highest BCUT2D eigenvalue weighted by Crippen LogP contribution is 2.20. The Balaban J connectivity index is 1.61. The number of non-ortho nitro benzene ring substituents is 1. The number of cyclic esters (lactones) is 1. The molecule has 2 aromatic carbocycles. The van der Waals surface area contributed by atoms with Crippen LogP contribution in [-0.2, 0) is 25.7 Å². The lowest BCUT2D eigenvalue weighted by atomic mass is 9.98. The molecule has 0 bridgehead atoms. The minimum atomic E-state index is -0.613. The van der Waals surface area contributed by atoms with Crippen LogP contribution in [0.15, 0.2) is 66.7 Å². The molecule has 178 valence electrons. The molecule has 0 saturated heterocycles. The maximum Gasteiger partial charge on any atom is 0.306 e. The Bertz CT molecular complexity index is 1040. The third-order valence-corrected chi connectivity index (χ3v) is 5.45. The summed E-state index contributed by atoms with van der Waals surface area (Å²) in [5.74, 6) is -1.52. The summed E-state index contributed by atoms with van der Waals surface area (Å²) in [4.78, 5) is 47.8. The van der Waals surface area contributed by atoms with Crippen LogP contribution in [0.25, 0.3) is 0 Å². The van der Waals surface area contributed by atoms with E-state index in [0.717, 1.165) is 11.1 Å². The molecule has 2 amide bonds. The summed E-state index contributed by atoms with van der Waals surface area (Å²) in [7, 11) is 0. The first-order valence-corrected chi connectivity index (χ1v) is 11.1. The molecule has 3 rings (SSSR count). The van der Waals surface area contributed by atoms with Crippen LogP contribution in [0.4, 0.5) is 5.69 Å². The van der Waals surface area contributed by atoms with E-state index in [2.05, 4.69) is 10.6 Å². The van der Waals surface area contributed by atoms with Gasteiger partial charge in [-0.2, -0.15) is 0 Å². The lowest BCUT2D eigenvalue weighted by Crippen LogP contribution is -2.37. The van der Waals surface area contributed by atoms with Crippen LogP contribution in [0.1, 0.15) is 42.9 Å². The zero-order valence-corrected chi connectivity index (χ0v) is 18.6. The van der Waals surface area contributed by atoms with Gasteiger partial charge in [-0.25, -0.2) is 0 Å². The molecule has 0 fully saturated rings. The number of nitro benzene ring substituents is 1. The van der Waals surface area contributed by atoms with Gasteiger partial charge in [0.1, 0.15) is 6.10 Å². The van der Waals surface area contributed by atoms with Crippen molar-refractivity contribution in [2.45, 2.75) is 38.3 Å². The number of carbonyl (C=O) groups is 3. The van der Waals surface area contributed by atoms with Crippen molar-refractivity contribution in [2.75, 3.05) is 6.54 Å². The largest absolute Gasteiger partial charge is 0.456 e. The normalized spacial score (nSPS) is 20.1. The zero-order valence-electron chi connectivity index (χ0n) is 18.6. The first-order chi connectivity index (χ1) is 16.4. The van der Waals surface area contributed by atoms with Crippen LogP contribution in [0.3, 0.4) is 0 Å². The molecule has 0 radical (unpaired) electrons. The molecule has 1 aliphatic rings. The van der Waals surface area contributed by atoms with Gasteiger partial charge in [0, 0.05) is 31.5 Å². The number of hydrogen-bond acceptors (Lipinski definition) is 6. The van der Waals surface area contributed by atoms with Gasteiger partial charge >= 0.3 is 5.97 Å². The molecule has 0 aliphatic carbocycles. The molecule has 9 heteroatoms. The van der Waals surface area contributed by atoms with Gasteiger partial charge in [-0.15, -0.1) is 0 Å². The highest BCUT2D eigenvalue weighted by Gasteiger charge is 2.24. The summed E-state index contributed by atoms with van der Waals surface area (Å²) in [5, 5.41) is 16.3. The van der Waals surface area contributed by atoms with Gasteiger partial charge in [-0.3, -0.25) is 24.5 Å². The number of nitrogens with one attached hydrogen (secondary N) is 2. The SMILES string of the molecule is O=C(CC1C/C=C/CCC(=O)O[C@H](c2ccccc2)CNC1=O)NCc1ccc([N+](=O)[O-])cc1. The molecule has 0 aromatic heterocycles. The second-order valence-corrected chi connectivity index (χ2v) is 7.98. The Labute approximate surface area is 197 Å². The predicted octanol–water partition coefficient (Wildman–Crippen LogP) is 3.36. The lowest BCUT2D eigenvalue weighted by molar-refractivity contribution is -0.384. The van der Waals surface area contributed by atoms with Crippen LogP contribution >= 0.6 is 0 Å². The number of amides is 2. The number of esters is 1. The summed E-state index contributed by atoms with van der Waals surface area (Å²) in [5.41, 5.74) is 1.47. The molecular formula is C25H27N3O6. The van der Waals surface area contributed by atoms with Gasteiger partial charge in [0.25, 0.3) is 5.69 Å². The second-order valence-electron chi connectivity index (χ2n) is 7.98. The number of ether oxygens (including phenoxy) is 1. The smallest absolute Gasteiger partial charge is 0.306 e. The van der Waals surface area contributed by atoms with Gasteiger partial charge in [0.05, 0.1) is 17.4 Å². The number of hydrogen-bond donors (Lipinski definition) is 2. The van der Waals surface area contributed by atoms with Crippen LogP contribution in [0.5, 0.6) is 0 Å². The third-order valence-electron chi connectivity index (χ3n) is 5.45. The molecule has 1 unspecified atom stereocenters. The minimum Gasteiger partial charge on any atom is -0.456 e. The van der Waals surface area contributed by atoms with E-state index in [1.807, 2.05) is 36.4 Å². The van der Waals surface area contributed by atoms with Crippen molar-refractivity contribution in [1.82, 2.24) is 10.6 Å². The summed E-state index contributed by atoms with van der Waals surface area (Å²) in [6.45, 7) is 0.312. The summed E-state index contributed by atoms with van der Waals surface area (Å²) >= 11 is 0. The molecule has 2 atom stereocenters. The summed E-state index contributed by atoms with van der Waals surface area (Å²) in [6, 6.07) is 15.1. The van der Waals surface area contributed by atoms with Gasteiger partial charge in [0.2, 0.25) is 11.8 Å². The summed E-state index contributed by atoms with van der Waals surface area (Å²) < 4.78 is 5.58. The Hall–Kier alpha value is -4.01. The number of nitro groups is 1. The third kappa shape index (κ3) is 7.54. The van der Waals surface area contributed by atoms with Crippen molar-refractivity contribution < 1.29 is 24.0 Å². The monoisotopic (exact) mass is 465 g/mol. The summed E-state index contributed by atoms with van der Waals surface area (Å²) in [6.07, 6.45) is 4.07. The van der Waals surface area contributed by atoms with E-state index in [0.29, 0.717) is 12.8 Å². The van der Waals surface area contributed by atoms with E-state index >= 15 is 0 Å². The Morgan fingerprint density at radius 3 is 2.53 bits per heavy atom. The molecule has 2 N–H and O–H groups in total. The van der Waals surface area contributed by atoms with Crippen molar-refractivity contribution >= 4 is 23.5 Å². The number of allylic oxidation sites excluding steroid dienone is 2. The van der Waals surface area contributed by atoms with E-state index in [1.54, 1.807) is 18.2 Å². The van der Waals surface area contributed by atoms with Crippen LogP contribution in [0, 0.1) is 16.0 Å². The molecular weight excluding hydrogens is 438 g/mol. The average Bonchev–Trinajstić information content (AvgIpc) is 2.84. The van der Waals surface area contributed by atoms with Gasteiger partial charge in [-0.1, -0.05) is 54.6 Å². The maximum absolute atomic E-state index is 12.9. The molecule has 1 aliphatic heterocycles. The fourth-order valence-corrected chi connectivity index (χ4v) is 3.55. The zero-order chi connectivity index (χ0) is 24.3. The van der Waals surface area contributed by atoms with Gasteiger partial charge in [0.15, 0.2) is 0 Å². The number of carbonyl (C=O) groups excluding carboxylic acids is 3. The van der Waals surface area contributed by atoms with Crippen LogP contribution in [-0.4, -0.2) is 29.3 Å². The van der Waals surface area contributed by atoms with Crippen LogP contribution in [0.2, 0.25) is 0 Å². The Morgan fingerprint density at radius 2 is 1.82 bits per heavy atom. The Morgan fingerprint density at radius 1 is 1.09 bits per heavy atom. The number of rotatable bonds is 6. The lowest BCUT2D eigenvalue weighted by Gasteiger charge is -2.21. The van der Waals surface area contributed by atoms with Crippen molar-refractivity contribution in [1.29, 1.82) is 0 Å². The first-order valence-electron chi connectivity index (χ1n) is 11.1. The molecule has 34 heavy (non-hydrogen) atoms. The quantitative estimate of drug-likeness (QED) is 0.291. The van der Waals surface area contributed by atoms with E-state index < -0.39 is 16.9 Å². The van der Waals surface area contributed by atoms with Gasteiger partial charge < -0.3 is 15.4 Å². The molecule has 0 spiro atoms. The maximum atomic E-state index is 12.9. The predicted molar refractivity (Wildman–Crippen MR) is 124 cm³/mol. The second kappa shape index (κ2) is 12.3. The highest BCUT2D eigenvalue weighted by atomic mass is 16.6. The van der Waals surface area contributed by atoms with E-state index in [-0.39, 0.29) is 49.4 Å². The number of benzene rings is 2. The highest BCUT2D eigenvalue weighted by molar-refractivity contribution is 5.86. The fourth-order valence-electron chi connectivity index (χ4n) is 3.55. The van der Waals surface area contributed by atoms with Crippen molar-refractivity contribution in [3.05, 3.63) is 88.0 Å². The first kappa shape index (κ1) is 24.6. The standard InChI is InChI=1S/C25H27N3O6/c29-23(26-16-18-11-13-21(14-12-18)28(32)33)15-20-9-5-2-6-10-24(30)34-22(17-27-25(20)31)19-7-3-1-4-8-19/h1-5,7-8,11-14,20,22H,6,9-10,15-17H2,(H,26,29)(H,27,31)/b5-2+/t20?,22-/m0/s1. The van der Waals surface area contributed by atoms with Gasteiger partial charge in [-0.05, 0) is 24.0 Å². The molecule has 9 nitrogen and oxygen atoms in total. The van der Waals surface area contributed by atoms with Crippen molar-refractivity contribution in [2.24, 2.45) is 5.92 Å². The number of nitrogens with zero attached hydrogens (tertiary/aromatic N) is 1. The average molecular weight is 466 g/mol. The Kier molecular flexibility index (Phi) is 8.90. The molecule has 2 aromatic rings. The van der Waals surface area contributed by atoms with E-state index in [1.165, 1.54) is 12.1 Å². The molecule has 1 heterocycles. The topological polar surface area (TPSA) is 128 Å². The molecule has 0 saturated carbocycles. The minimum absolute atomic E-state index is 0.0149. The fraction of sp³-hybridized carbons (Fsp3) is 0.320. The van der Waals surface area contributed by atoms with Crippen molar-refractivity contribution in [3.8, 4) is 0 Å². The van der Waals surface area contributed by atoms with E-state index in [9.17, 15) is 24.5 Å². The van der Waals surface area contributed by atoms with Crippen LogP contribution < -0.4 is 10.6 Å². The van der Waals surface area contributed by atoms with E-state index in [4.69, 9.17) is 4.74 Å².